The third-order valence-electron chi connectivity index (χ3n) is 3.15. The van der Waals surface area contributed by atoms with Gasteiger partial charge in [0.1, 0.15) is 5.82 Å². The first-order valence-electron chi connectivity index (χ1n) is 6.10. The van der Waals surface area contributed by atoms with Crippen molar-refractivity contribution >= 4 is 28.4 Å². The van der Waals surface area contributed by atoms with E-state index in [0.717, 1.165) is 31.0 Å². The molecule has 3 rings (SSSR count). The first kappa shape index (κ1) is 12.0. The Balaban J connectivity index is 1.74. The lowest BCUT2D eigenvalue weighted by Gasteiger charge is -2.08. The molecule has 1 aromatic carbocycles. The van der Waals surface area contributed by atoms with Crippen molar-refractivity contribution in [2.24, 2.45) is 0 Å². The zero-order chi connectivity index (χ0) is 12.4. The number of hydrogen-bond donors (Lipinski definition) is 3. The van der Waals surface area contributed by atoms with Crippen molar-refractivity contribution in [2.45, 2.75) is 12.5 Å². The standard InChI is InChI=1S/C13H15IN4/c14-10-3-1-9(2-4-10)12-7-13(18-17-12)16-11-5-6-15-8-11/h1-4,7,11,15H,5-6,8H2,(H2,16,17,18). The minimum atomic E-state index is 0.498. The van der Waals surface area contributed by atoms with Crippen LogP contribution in [-0.4, -0.2) is 29.3 Å². The lowest BCUT2D eigenvalue weighted by molar-refractivity contribution is 0.786. The largest absolute Gasteiger partial charge is 0.365 e. The molecule has 1 unspecified atom stereocenters. The molecule has 4 nitrogen and oxygen atoms in total. The third kappa shape index (κ3) is 2.67. The molecule has 0 bridgehead atoms. The Kier molecular flexibility index (Phi) is 3.51. The van der Waals surface area contributed by atoms with Crippen molar-refractivity contribution in [1.82, 2.24) is 15.5 Å². The van der Waals surface area contributed by atoms with Gasteiger partial charge in [-0.2, -0.15) is 5.10 Å². The number of nitrogens with zero attached hydrogens (tertiary/aromatic N) is 1. The highest BCUT2D eigenvalue weighted by Crippen LogP contribution is 2.21. The summed E-state index contributed by atoms with van der Waals surface area (Å²) in [4.78, 5) is 0. The summed E-state index contributed by atoms with van der Waals surface area (Å²) in [6, 6.07) is 11.0. The second-order valence-electron chi connectivity index (χ2n) is 4.51. The van der Waals surface area contributed by atoms with Gasteiger partial charge >= 0.3 is 0 Å². The quantitative estimate of drug-likeness (QED) is 0.743. The van der Waals surface area contributed by atoms with Crippen molar-refractivity contribution in [3.05, 3.63) is 33.9 Å². The van der Waals surface area contributed by atoms with Gasteiger partial charge in [-0.3, -0.25) is 5.10 Å². The second-order valence-corrected chi connectivity index (χ2v) is 5.75. The lowest BCUT2D eigenvalue weighted by atomic mass is 10.1. The average Bonchev–Trinajstić information content (AvgIpc) is 3.02. The smallest absolute Gasteiger partial charge is 0.148 e. The third-order valence-corrected chi connectivity index (χ3v) is 3.86. The predicted octanol–water partition coefficient (Wildman–Crippen LogP) is 2.46. The summed E-state index contributed by atoms with van der Waals surface area (Å²) in [7, 11) is 0. The van der Waals surface area contributed by atoms with E-state index in [1.54, 1.807) is 0 Å². The fourth-order valence-corrected chi connectivity index (χ4v) is 2.52. The lowest BCUT2D eigenvalue weighted by Crippen LogP contribution is -2.22. The van der Waals surface area contributed by atoms with Crippen molar-refractivity contribution in [3.8, 4) is 11.3 Å². The van der Waals surface area contributed by atoms with E-state index in [4.69, 9.17) is 0 Å². The number of anilines is 1. The minimum Gasteiger partial charge on any atom is -0.365 e. The Morgan fingerprint density at radius 1 is 1.28 bits per heavy atom. The van der Waals surface area contributed by atoms with Crippen LogP contribution < -0.4 is 10.6 Å². The van der Waals surface area contributed by atoms with Gasteiger partial charge < -0.3 is 10.6 Å². The summed E-state index contributed by atoms with van der Waals surface area (Å²) in [5.41, 5.74) is 2.22. The summed E-state index contributed by atoms with van der Waals surface area (Å²) >= 11 is 2.31. The highest BCUT2D eigenvalue weighted by atomic mass is 127. The maximum atomic E-state index is 4.31. The van der Waals surface area contributed by atoms with Crippen LogP contribution in [0.1, 0.15) is 6.42 Å². The van der Waals surface area contributed by atoms with Crippen LogP contribution in [0, 0.1) is 3.57 Å². The van der Waals surface area contributed by atoms with Gasteiger partial charge in [-0.05, 0) is 53.3 Å². The molecule has 5 heteroatoms. The molecule has 1 atom stereocenters. The SMILES string of the molecule is Ic1ccc(-c2cc(NC3CCNC3)n[nH]2)cc1. The summed E-state index contributed by atoms with van der Waals surface area (Å²) in [6.45, 7) is 2.11. The number of nitrogens with one attached hydrogen (secondary N) is 3. The number of halogens is 1. The number of aromatic nitrogens is 2. The van der Waals surface area contributed by atoms with E-state index < -0.39 is 0 Å². The summed E-state index contributed by atoms with van der Waals surface area (Å²) in [6.07, 6.45) is 1.16. The van der Waals surface area contributed by atoms with Crippen LogP contribution in [0.15, 0.2) is 30.3 Å². The normalized spacial score (nSPS) is 19.1. The Bertz CT molecular complexity index is 514. The summed E-state index contributed by atoms with van der Waals surface area (Å²) < 4.78 is 1.24. The molecule has 18 heavy (non-hydrogen) atoms. The van der Waals surface area contributed by atoms with E-state index in [9.17, 15) is 0 Å². The van der Waals surface area contributed by atoms with Crippen molar-refractivity contribution in [3.63, 3.8) is 0 Å². The Labute approximate surface area is 120 Å². The van der Waals surface area contributed by atoms with Crippen LogP contribution in [0.4, 0.5) is 5.82 Å². The molecule has 1 fully saturated rings. The number of hydrogen-bond acceptors (Lipinski definition) is 3. The monoisotopic (exact) mass is 354 g/mol. The number of aromatic amines is 1. The van der Waals surface area contributed by atoms with Gasteiger partial charge in [-0.25, -0.2) is 0 Å². The Hall–Kier alpha value is -1.08. The fraction of sp³-hybridized carbons (Fsp3) is 0.308. The highest BCUT2D eigenvalue weighted by molar-refractivity contribution is 14.1. The van der Waals surface area contributed by atoms with Crippen LogP contribution in [0.25, 0.3) is 11.3 Å². The van der Waals surface area contributed by atoms with Gasteiger partial charge in [0.15, 0.2) is 0 Å². The van der Waals surface area contributed by atoms with Gasteiger partial charge in [0.25, 0.3) is 0 Å². The second kappa shape index (κ2) is 5.27. The Morgan fingerprint density at radius 3 is 2.83 bits per heavy atom. The van der Waals surface area contributed by atoms with Gasteiger partial charge in [-0.1, -0.05) is 12.1 Å². The molecule has 1 saturated heterocycles. The minimum absolute atomic E-state index is 0.498. The van der Waals surface area contributed by atoms with Crippen molar-refractivity contribution in [1.29, 1.82) is 0 Å². The topological polar surface area (TPSA) is 52.7 Å². The van der Waals surface area contributed by atoms with E-state index in [1.807, 2.05) is 0 Å². The van der Waals surface area contributed by atoms with Crippen LogP contribution in [0.3, 0.4) is 0 Å². The molecule has 1 aromatic heterocycles. The van der Waals surface area contributed by atoms with E-state index in [0.29, 0.717) is 6.04 Å². The summed E-state index contributed by atoms with van der Waals surface area (Å²) in [5, 5.41) is 14.2. The number of H-pyrrole nitrogens is 1. The number of rotatable bonds is 3. The first-order valence-corrected chi connectivity index (χ1v) is 7.18. The molecule has 0 amide bonds. The molecule has 3 N–H and O–H groups in total. The molecule has 1 aliphatic heterocycles. The van der Waals surface area contributed by atoms with Gasteiger partial charge in [0.2, 0.25) is 0 Å². The molecule has 0 saturated carbocycles. The van der Waals surface area contributed by atoms with Crippen molar-refractivity contribution < 1.29 is 0 Å². The average molecular weight is 354 g/mol. The molecule has 2 aromatic rings. The fourth-order valence-electron chi connectivity index (χ4n) is 2.16. The van der Waals surface area contributed by atoms with Gasteiger partial charge in [0.05, 0.1) is 5.69 Å². The Morgan fingerprint density at radius 2 is 2.11 bits per heavy atom. The molecule has 0 aliphatic carbocycles. The molecule has 0 spiro atoms. The molecule has 1 aliphatic rings. The zero-order valence-corrected chi connectivity index (χ0v) is 12.1. The summed E-state index contributed by atoms with van der Waals surface area (Å²) in [5.74, 6) is 0.928. The van der Waals surface area contributed by atoms with Crippen LogP contribution in [-0.2, 0) is 0 Å². The van der Waals surface area contributed by atoms with Crippen molar-refractivity contribution in [2.75, 3.05) is 18.4 Å². The first-order chi connectivity index (χ1) is 8.81. The van der Waals surface area contributed by atoms with Crippen LogP contribution in [0.2, 0.25) is 0 Å². The van der Waals surface area contributed by atoms with Crippen LogP contribution in [0.5, 0.6) is 0 Å². The van der Waals surface area contributed by atoms with Gasteiger partial charge in [0, 0.05) is 22.2 Å². The predicted molar refractivity (Wildman–Crippen MR) is 81.6 cm³/mol. The zero-order valence-electron chi connectivity index (χ0n) is 9.91. The van der Waals surface area contributed by atoms with Crippen LogP contribution >= 0.6 is 22.6 Å². The molecule has 0 radical (unpaired) electrons. The molecular weight excluding hydrogens is 339 g/mol. The van der Waals surface area contributed by atoms with Gasteiger partial charge in [-0.15, -0.1) is 0 Å². The highest BCUT2D eigenvalue weighted by Gasteiger charge is 2.15. The molecular formula is C13H15IN4. The maximum absolute atomic E-state index is 4.31. The number of benzene rings is 1. The molecule has 94 valence electrons. The van der Waals surface area contributed by atoms with E-state index in [1.165, 1.54) is 9.13 Å². The maximum Gasteiger partial charge on any atom is 0.148 e. The molecule has 2 heterocycles. The van der Waals surface area contributed by atoms with E-state index >= 15 is 0 Å². The van der Waals surface area contributed by atoms with E-state index in [-0.39, 0.29) is 0 Å². The van der Waals surface area contributed by atoms with E-state index in [2.05, 4.69) is 73.8 Å².